The van der Waals surface area contributed by atoms with Crippen molar-refractivity contribution in [1.82, 2.24) is 9.55 Å². The van der Waals surface area contributed by atoms with Gasteiger partial charge in [-0.2, -0.15) is 0 Å². The van der Waals surface area contributed by atoms with E-state index in [0.29, 0.717) is 5.56 Å². The number of imidazole rings is 1. The highest BCUT2D eigenvalue weighted by atomic mass is 16.4. The van der Waals surface area contributed by atoms with E-state index in [4.69, 9.17) is 5.11 Å². The lowest BCUT2D eigenvalue weighted by Gasteiger charge is -2.05. The highest BCUT2D eigenvalue weighted by Crippen LogP contribution is 2.21. The highest BCUT2D eigenvalue weighted by molar-refractivity contribution is 6.07. The summed E-state index contributed by atoms with van der Waals surface area (Å²) in [7, 11) is 0. The molecule has 1 heterocycles. The molecule has 1 aromatic heterocycles. The Balaban J connectivity index is 2.21. The van der Waals surface area contributed by atoms with E-state index in [1.807, 2.05) is 0 Å². The number of fused-ring (bicyclic) bond motifs is 1. The number of carbonyl (C=O) groups excluding carboxylic acids is 1. The SMILES string of the molecule is O=C(O)c1cc2ncn(C(=O)c3ccccc3)c2cc1C(=O)O. The summed E-state index contributed by atoms with van der Waals surface area (Å²) in [5, 5.41) is 18.3. The van der Waals surface area contributed by atoms with E-state index >= 15 is 0 Å². The number of aromatic carboxylic acids is 2. The minimum atomic E-state index is -1.38. The number of benzene rings is 2. The fraction of sp³-hybridized carbons (Fsp3) is 0. The van der Waals surface area contributed by atoms with E-state index in [2.05, 4.69) is 4.98 Å². The quantitative estimate of drug-likeness (QED) is 0.767. The van der Waals surface area contributed by atoms with E-state index < -0.39 is 17.5 Å². The van der Waals surface area contributed by atoms with Gasteiger partial charge in [-0.05, 0) is 24.3 Å². The van der Waals surface area contributed by atoms with Gasteiger partial charge < -0.3 is 10.2 Å². The largest absolute Gasteiger partial charge is 0.478 e. The topological polar surface area (TPSA) is 109 Å². The van der Waals surface area contributed by atoms with E-state index in [-0.39, 0.29) is 22.5 Å². The summed E-state index contributed by atoms with van der Waals surface area (Å²) >= 11 is 0. The molecule has 0 aliphatic rings. The highest BCUT2D eigenvalue weighted by Gasteiger charge is 2.20. The molecule has 3 rings (SSSR count). The third-order valence-corrected chi connectivity index (χ3v) is 3.39. The van der Waals surface area contributed by atoms with Crippen molar-refractivity contribution in [1.29, 1.82) is 0 Å². The monoisotopic (exact) mass is 310 g/mol. The van der Waals surface area contributed by atoms with Gasteiger partial charge in [0.15, 0.2) is 0 Å². The van der Waals surface area contributed by atoms with Crippen molar-refractivity contribution in [2.24, 2.45) is 0 Å². The zero-order chi connectivity index (χ0) is 16.6. The predicted octanol–water partition coefficient (Wildman–Crippen LogP) is 2.12. The summed E-state index contributed by atoms with van der Waals surface area (Å²) in [6.07, 6.45) is 1.25. The molecule has 0 aliphatic carbocycles. The molecule has 0 aliphatic heterocycles. The van der Waals surface area contributed by atoms with Gasteiger partial charge in [0.05, 0.1) is 22.2 Å². The first-order valence-corrected chi connectivity index (χ1v) is 6.56. The number of hydrogen-bond acceptors (Lipinski definition) is 4. The van der Waals surface area contributed by atoms with Gasteiger partial charge in [-0.3, -0.25) is 9.36 Å². The van der Waals surface area contributed by atoms with E-state index in [9.17, 15) is 19.5 Å². The fourth-order valence-corrected chi connectivity index (χ4v) is 2.29. The summed E-state index contributed by atoms with van der Waals surface area (Å²) in [5.74, 6) is -3.13. The molecule has 114 valence electrons. The second-order valence-corrected chi connectivity index (χ2v) is 4.78. The van der Waals surface area contributed by atoms with Gasteiger partial charge in [-0.1, -0.05) is 18.2 Å². The zero-order valence-corrected chi connectivity index (χ0v) is 11.6. The smallest absolute Gasteiger partial charge is 0.336 e. The Kier molecular flexibility index (Phi) is 3.38. The molecule has 7 nitrogen and oxygen atoms in total. The molecule has 0 unspecified atom stereocenters. The Morgan fingerprint density at radius 1 is 0.913 bits per heavy atom. The lowest BCUT2D eigenvalue weighted by atomic mass is 10.1. The average Bonchev–Trinajstić information content (AvgIpc) is 2.96. The normalized spacial score (nSPS) is 10.6. The zero-order valence-electron chi connectivity index (χ0n) is 11.6. The number of carboxylic acid groups (broad SMARTS) is 2. The fourth-order valence-electron chi connectivity index (χ4n) is 2.29. The molecule has 0 bridgehead atoms. The Labute approximate surface area is 129 Å². The molecule has 7 heteroatoms. The molecule has 23 heavy (non-hydrogen) atoms. The van der Waals surface area contributed by atoms with Crippen LogP contribution in [0.3, 0.4) is 0 Å². The van der Waals surface area contributed by atoms with E-state index in [0.717, 1.165) is 12.1 Å². The van der Waals surface area contributed by atoms with Crippen LogP contribution in [0, 0.1) is 0 Å². The van der Waals surface area contributed by atoms with Crippen LogP contribution in [0.4, 0.5) is 0 Å². The molecule has 0 saturated heterocycles. The van der Waals surface area contributed by atoms with Gasteiger partial charge in [-0.15, -0.1) is 0 Å². The maximum atomic E-state index is 12.5. The van der Waals surface area contributed by atoms with Crippen molar-refractivity contribution >= 4 is 28.9 Å². The summed E-state index contributed by atoms with van der Waals surface area (Å²) < 4.78 is 1.20. The van der Waals surface area contributed by atoms with E-state index in [1.54, 1.807) is 30.3 Å². The summed E-state index contributed by atoms with van der Waals surface area (Å²) in [6, 6.07) is 10.7. The van der Waals surface area contributed by atoms with Crippen LogP contribution in [0.25, 0.3) is 11.0 Å². The van der Waals surface area contributed by atoms with Crippen LogP contribution in [0.5, 0.6) is 0 Å². The Hall–Kier alpha value is -3.48. The Bertz CT molecular complexity index is 944. The lowest BCUT2D eigenvalue weighted by molar-refractivity contribution is 0.0652. The maximum absolute atomic E-state index is 12.5. The van der Waals surface area contributed by atoms with Crippen LogP contribution in [-0.2, 0) is 0 Å². The van der Waals surface area contributed by atoms with Crippen LogP contribution in [0.15, 0.2) is 48.8 Å². The summed E-state index contributed by atoms with van der Waals surface area (Å²) in [6.45, 7) is 0. The third kappa shape index (κ3) is 2.44. The van der Waals surface area contributed by atoms with Crippen LogP contribution in [0.2, 0.25) is 0 Å². The molecule has 2 N–H and O–H groups in total. The Morgan fingerprint density at radius 3 is 2.13 bits per heavy atom. The number of hydrogen-bond donors (Lipinski definition) is 2. The van der Waals surface area contributed by atoms with Gasteiger partial charge in [0, 0.05) is 5.56 Å². The first-order valence-electron chi connectivity index (χ1n) is 6.56. The molecular formula is C16H10N2O5. The number of carbonyl (C=O) groups is 3. The maximum Gasteiger partial charge on any atom is 0.336 e. The van der Waals surface area contributed by atoms with Crippen LogP contribution >= 0.6 is 0 Å². The van der Waals surface area contributed by atoms with Crippen molar-refractivity contribution in [3.05, 3.63) is 65.5 Å². The predicted molar refractivity (Wildman–Crippen MR) is 79.8 cm³/mol. The molecule has 3 aromatic rings. The van der Waals surface area contributed by atoms with Gasteiger partial charge in [0.1, 0.15) is 6.33 Å². The molecule has 0 amide bonds. The minimum absolute atomic E-state index is 0.233. The first kappa shape index (κ1) is 14.5. The molecule has 0 atom stereocenters. The van der Waals surface area contributed by atoms with Gasteiger partial charge in [-0.25, -0.2) is 14.6 Å². The van der Waals surface area contributed by atoms with Gasteiger partial charge in [0.2, 0.25) is 0 Å². The van der Waals surface area contributed by atoms with Crippen molar-refractivity contribution in [2.75, 3.05) is 0 Å². The number of nitrogens with zero attached hydrogens (tertiary/aromatic N) is 2. The second-order valence-electron chi connectivity index (χ2n) is 4.78. The molecule has 0 radical (unpaired) electrons. The number of carboxylic acids is 2. The second kappa shape index (κ2) is 5.38. The van der Waals surface area contributed by atoms with Gasteiger partial charge in [0.25, 0.3) is 5.91 Å². The van der Waals surface area contributed by atoms with Crippen LogP contribution < -0.4 is 0 Å². The molecule has 0 fully saturated rings. The van der Waals surface area contributed by atoms with Gasteiger partial charge >= 0.3 is 11.9 Å². The van der Waals surface area contributed by atoms with E-state index in [1.165, 1.54) is 10.9 Å². The Morgan fingerprint density at radius 2 is 1.52 bits per heavy atom. The number of rotatable bonds is 3. The molecule has 2 aromatic carbocycles. The first-order chi connectivity index (χ1) is 11.0. The lowest BCUT2D eigenvalue weighted by Crippen LogP contribution is -2.12. The number of aromatic nitrogens is 2. The van der Waals surface area contributed by atoms with Crippen molar-refractivity contribution in [3.8, 4) is 0 Å². The summed E-state index contributed by atoms with van der Waals surface area (Å²) in [5.41, 5.74) is 0.110. The summed E-state index contributed by atoms with van der Waals surface area (Å²) in [4.78, 5) is 38.9. The van der Waals surface area contributed by atoms with Crippen LogP contribution in [0.1, 0.15) is 31.1 Å². The van der Waals surface area contributed by atoms with Crippen molar-refractivity contribution in [2.45, 2.75) is 0 Å². The minimum Gasteiger partial charge on any atom is -0.478 e. The molecule has 0 saturated carbocycles. The molecular weight excluding hydrogens is 300 g/mol. The molecule has 0 spiro atoms. The van der Waals surface area contributed by atoms with Crippen molar-refractivity contribution < 1.29 is 24.6 Å². The standard InChI is InChI=1S/C16H10N2O5/c19-14(9-4-2-1-3-5-9)18-8-17-12-6-10(15(20)21)11(16(22)23)7-13(12)18/h1-8H,(H,20,21)(H,22,23). The van der Waals surface area contributed by atoms with Crippen molar-refractivity contribution in [3.63, 3.8) is 0 Å². The average molecular weight is 310 g/mol. The van der Waals surface area contributed by atoms with Crippen LogP contribution in [-0.4, -0.2) is 37.6 Å². The third-order valence-electron chi connectivity index (χ3n) is 3.39.